The maximum Gasteiger partial charge on any atom is 0.226 e. The Balaban J connectivity index is 2.13. The van der Waals surface area contributed by atoms with Gasteiger partial charge in [-0.1, -0.05) is 57.2 Å². The zero-order valence-corrected chi connectivity index (χ0v) is 17.0. The highest BCUT2D eigenvalue weighted by atomic mass is 16.2. The van der Waals surface area contributed by atoms with E-state index in [1.165, 1.54) is 0 Å². The molecular weight excluding hydrogens is 336 g/mol. The molecule has 0 saturated carbocycles. The summed E-state index contributed by atoms with van der Waals surface area (Å²) in [6, 6.07) is 13.9. The first-order valence-electron chi connectivity index (χ1n) is 9.60. The Labute approximate surface area is 162 Å². The SMILES string of the molecule is CCc1ccccc1N(CCC(=O)Nc1c(C)cccc1C(C)C)C(C)=O. The molecule has 0 atom stereocenters. The number of aryl methyl sites for hydroxylation is 2. The number of para-hydroxylation sites is 2. The van der Waals surface area contributed by atoms with Crippen LogP contribution < -0.4 is 10.2 Å². The molecule has 2 rings (SSSR count). The van der Waals surface area contributed by atoms with Gasteiger partial charge in [-0.15, -0.1) is 0 Å². The summed E-state index contributed by atoms with van der Waals surface area (Å²) in [4.78, 5) is 26.5. The van der Waals surface area contributed by atoms with Gasteiger partial charge in [-0.05, 0) is 42.0 Å². The van der Waals surface area contributed by atoms with Crippen LogP contribution in [0.3, 0.4) is 0 Å². The van der Waals surface area contributed by atoms with E-state index < -0.39 is 0 Å². The topological polar surface area (TPSA) is 49.4 Å². The monoisotopic (exact) mass is 366 g/mol. The van der Waals surface area contributed by atoms with Crippen LogP contribution in [0.4, 0.5) is 11.4 Å². The highest BCUT2D eigenvalue weighted by Crippen LogP contribution is 2.27. The Kier molecular flexibility index (Phi) is 7.17. The fraction of sp³-hybridized carbons (Fsp3) is 0.391. The van der Waals surface area contributed by atoms with Crippen LogP contribution in [0.15, 0.2) is 42.5 Å². The Morgan fingerprint density at radius 3 is 2.41 bits per heavy atom. The first kappa shape index (κ1) is 20.7. The molecule has 4 heteroatoms. The molecule has 2 amide bonds. The number of amides is 2. The largest absolute Gasteiger partial charge is 0.326 e. The number of hydrogen-bond donors (Lipinski definition) is 1. The van der Waals surface area contributed by atoms with Gasteiger partial charge < -0.3 is 10.2 Å². The summed E-state index contributed by atoms with van der Waals surface area (Å²) in [6.07, 6.45) is 1.09. The van der Waals surface area contributed by atoms with Crippen LogP contribution >= 0.6 is 0 Å². The van der Waals surface area contributed by atoms with E-state index in [4.69, 9.17) is 0 Å². The predicted molar refractivity (Wildman–Crippen MR) is 112 cm³/mol. The van der Waals surface area contributed by atoms with E-state index in [9.17, 15) is 9.59 Å². The Morgan fingerprint density at radius 1 is 1.07 bits per heavy atom. The smallest absolute Gasteiger partial charge is 0.226 e. The van der Waals surface area contributed by atoms with E-state index in [1.54, 1.807) is 11.8 Å². The molecule has 2 aromatic carbocycles. The first-order chi connectivity index (χ1) is 12.8. The molecule has 1 N–H and O–H groups in total. The molecule has 4 nitrogen and oxygen atoms in total. The van der Waals surface area contributed by atoms with Crippen molar-refractivity contribution in [3.63, 3.8) is 0 Å². The lowest BCUT2D eigenvalue weighted by Crippen LogP contribution is -2.32. The minimum absolute atomic E-state index is 0.0533. The van der Waals surface area contributed by atoms with Crippen LogP contribution in [-0.4, -0.2) is 18.4 Å². The average molecular weight is 367 g/mol. The highest BCUT2D eigenvalue weighted by Gasteiger charge is 2.17. The lowest BCUT2D eigenvalue weighted by molar-refractivity contribution is -0.117. The summed E-state index contributed by atoms with van der Waals surface area (Å²) in [5, 5.41) is 3.06. The van der Waals surface area contributed by atoms with Crippen molar-refractivity contribution < 1.29 is 9.59 Å². The van der Waals surface area contributed by atoms with Gasteiger partial charge in [0.2, 0.25) is 11.8 Å². The molecule has 0 fully saturated rings. The van der Waals surface area contributed by atoms with E-state index in [0.717, 1.165) is 34.5 Å². The molecule has 2 aromatic rings. The molecule has 0 bridgehead atoms. The molecule has 0 heterocycles. The lowest BCUT2D eigenvalue weighted by atomic mass is 9.98. The minimum atomic E-state index is -0.0774. The summed E-state index contributed by atoms with van der Waals surface area (Å²) in [5.74, 6) is 0.194. The number of anilines is 2. The third-order valence-electron chi connectivity index (χ3n) is 4.80. The number of benzene rings is 2. The third-order valence-corrected chi connectivity index (χ3v) is 4.80. The van der Waals surface area contributed by atoms with Gasteiger partial charge in [0.15, 0.2) is 0 Å². The molecule has 144 valence electrons. The molecule has 0 spiro atoms. The zero-order chi connectivity index (χ0) is 20.0. The number of carbonyl (C=O) groups is 2. The van der Waals surface area contributed by atoms with Gasteiger partial charge in [0.25, 0.3) is 0 Å². The molecule has 0 aliphatic heterocycles. The van der Waals surface area contributed by atoms with Gasteiger partial charge in [-0.3, -0.25) is 9.59 Å². The Bertz CT molecular complexity index is 812. The van der Waals surface area contributed by atoms with Gasteiger partial charge in [0, 0.05) is 31.3 Å². The molecule has 0 unspecified atom stereocenters. The van der Waals surface area contributed by atoms with E-state index in [0.29, 0.717) is 12.5 Å². The summed E-state index contributed by atoms with van der Waals surface area (Å²) < 4.78 is 0. The Hall–Kier alpha value is -2.62. The van der Waals surface area contributed by atoms with Crippen LogP contribution in [0.1, 0.15) is 56.7 Å². The van der Waals surface area contributed by atoms with Gasteiger partial charge in [0.05, 0.1) is 0 Å². The highest BCUT2D eigenvalue weighted by molar-refractivity contribution is 5.96. The van der Waals surface area contributed by atoms with E-state index >= 15 is 0 Å². The van der Waals surface area contributed by atoms with Crippen LogP contribution in [0.2, 0.25) is 0 Å². The first-order valence-corrected chi connectivity index (χ1v) is 9.60. The van der Waals surface area contributed by atoms with Gasteiger partial charge >= 0.3 is 0 Å². The second-order valence-electron chi connectivity index (χ2n) is 7.14. The second kappa shape index (κ2) is 9.36. The van der Waals surface area contributed by atoms with Gasteiger partial charge in [-0.2, -0.15) is 0 Å². The molecule has 0 aliphatic carbocycles. The molecule has 0 saturated heterocycles. The van der Waals surface area contributed by atoms with Crippen LogP contribution in [0.25, 0.3) is 0 Å². The van der Waals surface area contributed by atoms with Gasteiger partial charge in [0.1, 0.15) is 0 Å². The molecular formula is C23H30N2O2. The van der Waals surface area contributed by atoms with E-state index in [1.807, 2.05) is 49.4 Å². The molecule has 0 aliphatic rings. The fourth-order valence-corrected chi connectivity index (χ4v) is 3.28. The molecule has 27 heavy (non-hydrogen) atoms. The van der Waals surface area contributed by atoms with E-state index in [-0.39, 0.29) is 18.2 Å². The summed E-state index contributed by atoms with van der Waals surface area (Å²) >= 11 is 0. The summed E-state index contributed by atoms with van der Waals surface area (Å²) in [6.45, 7) is 10.2. The van der Waals surface area contributed by atoms with Crippen LogP contribution in [0, 0.1) is 6.92 Å². The van der Waals surface area contributed by atoms with E-state index in [2.05, 4.69) is 26.1 Å². The molecule has 0 radical (unpaired) electrons. The Morgan fingerprint density at radius 2 is 1.78 bits per heavy atom. The predicted octanol–water partition coefficient (Wildman–Crippen LogP) is 5.06. The van der Waals surface area contributed by atoms with Crippen molar-refractivity contribution in [2.75, 3.05) is 16.8 Å². The van der Waals surface area contributed by atoms with Gasteiger partial charge in [-0.25, -0.2) is 0 Å². The van der Waals surface area contributed by atoms with Crippen LogP contribution in [0.5, 0.6) is 0 Å². The second-order valence-corrected chi connectivity index (χ2v) is 7.14. The summed E-state index contributed by atoms with van der Waals surface area (Å²) in [7, 11) is 0. The maximum absolute atomic E-state index is 12.6. The fourth-order valence-electron chi connectivity index (χ4n) is 3.28. The maximum atomic E-state index is 12.6. The lowest BCUT2D eigenvalue weighted by Gasteiger charge is -2.24. The number of nitrogens with zero attached hydrogens (tertiary/aromatic N) is 1. The minimum Gasteiger partial charge on any atom is -0.326 e. The standard InChI is InChI=1S/C23H30N2O2/c1-6-19-11-7-8-13-21(19)25(18(5)26)15-14-22(27)24-23-17(4)10-9-12-20(23)16(2)3/h7-13,16H,6,14-15H2,1-5H3,(H,24,27). The number of nitrogens with one attached hydrogen (secondary N) is 1. The van der Waals surface area contributed by atoms with Crippen molar-refractivity contribution in [1.29, 1.82) is 0 Å². The average Bonchev–Trinajstić information content (AvgIpc) is 2.63. The van der Waals surface area contributed by atoms with Crippen molar-refractivity contribution in [2.24, 2.45) is 0 Å². The summed E-state index contributed by atoms with van der Waals surface area (Å²) in [5.41, 5.74) is 5.06. The van der Waals surface area contributed by atoms with Crippen molar-refractivity contribution in [3.8, 4) is 0 Å². The normalized spacial score (nSPS) is 10.7. The van der Waals surface area contributed by atoms with Crippen molar-refractivity contribution in [1.82, 2.24) is 0 Å². The van der Waals surface area contributed by atoms with Crippen molar-refractivity contribution in [2.45, 2.75) is 53.4 Å². The zero-order valence-electron chi connectivity index (χ0n) is 17.0. The quantitative estimate of drug-likeness (QED) is 0.744. The van der Waals surface area contributed by atoms with Crippen LogP contribution in [-0.2, 0) is 16.0 Å². The number of carbonyl (C=O) groups excluding carboxylic acids is 2. The number of rotatable bonds is 7. The van der Waals surface area contributed by atoms with Crippen molar-refractivity contribution >= 4 is 23.2 Å². The molecule has 0 aromatic heterocycles. The number of hydrogen-bond acceptors (Lipinski definition) is 2. The van der Waals surface area contributed by atoms with Crippen molar-refractivity contribution in [3.05, 3.63) is 59.2 Å². The third kappa shape index (κ3) is 5.19.